The molecule has 20 heavy (non-hydrogen) atoms. The van der Waals surface area contributed by atoms with Crippen LogP contribution in [0.25, 0.3) is 0 Å². The third-order valence-electron chi connectivity index (χ3n) is 3.29. The van der Waals surface area contributed by atoms with E-state index < -0.39 is 0 Å². The van der Waals surface area contributed by atoms with E-state index in [1.807, 2.05) is 30.3 Å². The fourth-order valence-corrected chi connectivity index (χ4v) is 2.08. The van der Waals surface area contributed by atoms with Crippen molar-refractivity contribution in [1.29, 1.82) is 0 Å². The maximum atomic E-state index is 12.0. The van der Waals surface area contributed by atoms with Gasteiger partial charge in [0.1, 0.15) is 0 Å². The van der Waals surface area contributed by atoms with Crippen molar-refractivity contribution in [2.24, 2.45) is 7.05 Å². The number of aryl methyl sites for hydroxylation is 1. The highest BCUT2D eigenvalue weighted by atomic mass is 16.3. The number of hydrogen-bond acceptors (Lipinski definition) is 3. The van der Waals surface area contributed by atoms with Crippen molar-refractivity contribution in [1.82, 2.24) is 4.57 Å². The molecule has 1 N–H and O–H groups in total. The number of pyridine rings is 1. The molecule has 0 aliphatic heterocycles. The summed E-state index contributed by atoms with van der Waals surface area (Å²) in [5, 5.41) is 9.81. The minimum absolute atomic E-state index is 0.144. The molecular weight excluding hydrogens is 254 g/mol. The highest BCUT2D eigenvalue weighted by Crippen LogP contribution is 2.16. The molecule has 2 rings (SSSR count). The van der Waals surface area contributed by atoms with Crippen LogP contribution in [-0.4, -0.2) is 15.5 Å². The van der Waals surface area contributed by atoms with Crippen molar-refractivity contribution in [2.75, 3.05) is 0 Å². The van der Waals surface area contributed by atoms with Gasteiger partial charge < -0.3 is 5.11 Å². The van der Waals surface area contributed by atoms with E-state index in [1.54, 1.807) is 0 Å². The number of rotatable bonds is 5. The normalized spacial score (nSPS) is 10.4. The molecule has 1 aromatic carbocycles. The molecule has 0 saturated heterocycles. The summed E-state index contributed by atoms with van der Waals surface area (Å²) in [7, 11) is 1.44. The zero-order valence-electron chi connectivity index (χ0n) is 11.4. The summed E-state index contributed by atoms with van der Waals surface area (Å²) in [4.78, 5) is 23.3. The molecular formula is C16H17NO3. The van der Waals surface area contributed by atoms with Crippen LogP contribution in [0.4, 0.5) is 0 Å². The molecule has 2 aromatic rings. The lowest BCUT2D eigenvalue weighted by Gasteiger charge is -2.07. The maximum absolute atomic E-state index is 12.0. The van der Waals surface area contributed by atoms with E-state index >= 15 is 0 Å². The molecule has 1 aromatic heterocycles. The van der Waals surface area contributed by atoms with Crippen LogP contribution in [0.15, 0.2) is 47.3 Å². The molecule has 0 bridgehead atoms. The Hall–Kier alpha value is -2.36. The van der Waals surface area contributed by atoms with Gasteiger partial charge in [-0.05, 0) is 24.5 Å². The Morgan fingerprint density at radius 1 is 1.15 bits per heavy atom. The van der Waals surface area contributed by atoms with E-state index in [-0.39, 0.29) is 22.8 Å². The van der Waals surface area contributed by atoms with E-state index in [4.69, 9.17) is 0 Å². The second-order valence-electron chi connectivity index (χ2n) is 4.73. The van der Waals surface area contributed by atoms with Crippen LogP contribution in [0.5, 0.6) is 5.88 Å². The molecule has 0 aliphatic rings. The Labute approximate surface area is 117 Å². The van der Waals surface area contributed by atoms with Crippen LogP contribution in [-0.2, 0) is 13.5 Å². The molecule has 0 radical (unpaired) electrons. The molecule has 0 unspecified atom stereocenters. The topological polar surface area (TPSA) is 59.3 Å². The van der Waals surface area contributed by atoms with Crippen LogP contribution in [0.3, 0.4) is 0 Å². The van der Waals surface area contributed by atoms with Crippen LogP contribution < -0.4 is 5.56 Å². The molecule has 1 heterocycles. The first-order valence-electron chi connectivity index (χ1n) is 6.55. The van der Waals surface area contributed by atoms with Gasteiger partial charge in [0.2, 0.25) is 5.88 Å². The maximum Gasteiger partial charge on any atom is 0.253 e. The zero-order chi connectivity index (χ0) is 14.5. The highest BCUT2D eigenvalue weighted by Gasteiger charge is 2.13. The average molecular weight is 271 g/mol. The Morgan fingerprint density at radius 3 is 2.55 bits per heavy atom. The minimum atomic E-state index is -0.330. The summed E-state index contributed by atoms with van der Waals surface area (Å²) in [6.07, 6.45) is 1.88. The number of hydrogen-bond donors (Lipinski definition) is 1. The number of carbonyl (C=O) groups is 1. The smallest absolute Gasteiger partial charge is 0.253 e. The van der Waals surface area contributed by atoms with E-state index in [2.05, 4.69) is 0 Å². The Kier molecular flexibility index (Phi) is 4.35. The fourth-order valence-electron chi connectivity index (χ4n) is 2.08. The summed E-state index contributed by atoms with van der Waals surface area (Å²) in [6, 6.07) is 12.6. The van der Waals surface area contributed by atoms with E-state index in [1.165, 1.54) is 24.7 Å². The monoisotopic (exact) mass is 271 g/mol. The SMILES string of the molecule is Cn1c(O)c(C(=O)CCCc2ccccc2)ccc1=O. The first-order valence-corrected chi connectivity index (χ1v) is 6.55. The van der Waals surface area contributed by atoms with Crippen molar-refractivity contribution >= 4 is 5.78 Å². The number of Topliss-reactive ketones (excluding diaryl/α,β-unsaturated/α-hetero) is 1. The number of aromatic nitrogens is 1. The number of nitrogens with zero attached hydrogens (tertiary/aromatic N) is 1. The van der Waals surface area contributed by atoms with Crippen LogP contribution in [0.1, 0.15) is 28.8 Å². The standard InChI is InChI=1S/C16H17NO3/c1-17-15(19)11-10-13(16(17)20)14(18)9-5-8-12-6-3-2-4-7-12/h2-4,6-7,10-11,20H,5,8-9H2,1H3. The molecule has 0 aliphatic carbocycles. The lowest BCUT2D eigenvalue weighted by molar-refractivity contribution is 0.0976. The van der Waals surface area contributed by atoms with E-state index in [0.717, 1.165) is 11.0 Å². The fraction of sp³-hybridized carbons (Fsp3) is 0.250. The summed E-state index contributed by atoms with van der Waals surface area (Å²) in [5.74, 6) is -0.406. The predicted molar refractivity (Wildman–Crippen MR) is 77.1 cm³/mol. The zero-order valence-corrected chi connectivity index (χ0v) is 11.4. The first kappa shape index (κ1) is 14.1. The molecule has 0 fully saturated rings. The van der Waals surface area contributed by atoms with Gasteiger partial charge in [0, 0.05) is 19.5 Å². The van der Waals surface area contributed by atoms with Crippen molar-refractivity contribution in [3.05, 3.63) is 63.9 Å². The minimum Gasteiger partial charge on any atom is -0.494 e. The first-order chi connectivity index (χ1) is 9.59. The average Bonchev–Trinajstić information content (AvgIpc) is 2.46. The number of benzene rings is 1. The van der Waals surface area contributed by atoms with Crippen molar-refractivity contribution in [3.63, 3.8) is 0 Å². The number of aromatic hydroxyl groups is 1. The predicted octanol–water partition coefficient (Wildman–Crippen LogP) is 2.30. The summed E-state index contributed by atoms with van der Waals surface area (Å²) in [6.45, 7) is 0. The van der Waals surface area contributed by atoms with Gasteiger partial charge in [-0.25, -0.2) is 0 Å². The molecule has 0 atom stereocenters. The summed E-state index contributed by atoms with van der Waals surface area (Å²) >= 11 is 0. The molecule has 104 valence electrons. The van der Waals surface area contributed by atoms with Gasteiger partial charge in [0.05, 0.1) is 5.56 Å². The second-order valence-corrected chi connectivity index (χ2v) is 4.73. The Bertz CT molecular complexity index is 659. The molecule has 0 saturated carbocycles. The third kappa shape index (κ3) is 3.15. The third-order valence-corrected chi connectivity index (χ3v) is 3.29. The molecule has 0 amide bonds. The van der Waals surface area contributed by atoms with Gasteiger partial charge in [0.25, 0.3) is 5.56 Å². The molecule has 4 nitrogen and oxygen atoms in total. The number of carbonyl (C=O) groups excluding carboxylic acids is 1. The number of ketones is 1. The second kappa shape index (κ2) is 6.19. The van der Waals surface area contributed by atoms with E-state index in [9.17, 15) is 14.7 Å². The van der Waals surface area contributed by atoms with Gasteiger partial charge in [0.15, 0.2) is 5.78 Å². The van der Waals surface area contributed by atoms with Crippen LogP contribution in [0.2, 0.25) is 0 Å². The summed E-state index contributed by atoms with van der Waals surface area (Å²) in [5.41, 5.74) is 1.06. The van der Waals surface area contributed by atoms with Gasteiger partial charge in [-0.15, -0.1) is 0 Å². The lowest BCUT2D eigenvalue weighted by atomic mass is 10.0. The van der Waals surface area contributed by atoms with E-state index in [0.29, 0.717) is 12.8 Å². The largest absolute Gasteiger partial charge is 0.494 e. The van der Waals surface area contributed by atoms with Gasteiger partial charge in [-0.1, -0.05) is 30.3 Å². The van der Waals surface area contributed by atoms with Crippen molar-refractivity contribution in [3.8, 4) is 5.88 Å². The lowest BCUT2D eigenvalue weighted by Crippen LogP contribution is -2.17. The van der Waals surface area contributed by atoms with Gasteiger partial charge in [-0.2, -0.15) is 0 Å². The van der Waals surface area contributed by atoms with Crippen molar-refractivity contribution < 1.29 is 9.90 Å². The Balaban J connectivity index is 1.99. The van der Waals surface area contributed by atoms with Crippen LogP contribution >= 0.6 is 0 Å². The summed E-state index contributed by atoms with van der Waals surface area (Å²) < 4.78 is 1.07. The molecule has 0 spiro atoms. The van der Waals surface area contributed by atoms with Crippen LogP contribution in [0, 0.1) is 0 Å². The highest BCUT2D eigenvalue weighted by molar-refractivity contribution is 5.98. The van der Waals surface area contributed by atoms with Gasteiger partial charge in [-0.3, -0.25) is 14.2 Å². The Morgan fingerprint density at radius 2 is 1.85 bits per heavy atom. The van der Waals surface area contributed by atoms with Gasteiger partial charge >= 0.3 is 0 Å². The molecule has 4 heteroatoms. The van der Waals surface area contributed by atoms with Crippen molar-refractivity contribution in [2.45, 2.75) is 19.3 Å². The quantitative estimate of drug-likeness (QED) is 0.849.